The van der Waals surface area contributed by atoms with Gasteiger partial charge in [-0.2, -0.15) is 0 Å². The molecule has 0 bridgehead atoms. The van der Waals surface area contributed by atoms with E-state index in [2.05, 4.69) is 10.3 Å². The van der Waals surface area contributed by atoms with Gasteiger partial charge in [0, 0.05) is 6.54 Å². The highest BCUT2D eigenvalue weighted by atomic mass is 35.5. The van der Waals surface area contributed by atoms with Gasteiger partial charge in [0.05, 0.1) is 22.6 Å². The summed E-state index contributed by atoms with van der Waals surface area (Å²) in [5.41, 5.74) is 1.27. The molecule has 1 atom stereocenters. The van der Waals surface area contributed by atoms with Gasteiger partial charge in [-0.1, -0.05) is 23.2 Å². The first kappa shape index (κ1) is 15.9. The average molecular weight is 339 g/mol. The molecule has 1 saturated heterocycles. The molecule has 1 aromatic heterocycles. The highest BCUT2D eigenvalue weighted by Gasteiger charge is 2.28. The van der Waals surface area contributed by atoms with E-state index in [-0.39, 0.29) is 5.02 Å². The van der Waals surface area contributed by atoms with Crippen LogP contribution in [0.5, 0.6) is 0 Å². The third-order valence-electron chi connectivity index (χ3n) is 3.97. The van der Waals surface area contributed by atoms with E-state index < -0.39 is 17.8 Å². The molecule has 23 heavy (non-hydrogen) atoms. The zero-order valence-electron chi connectivity index (χ0n) is 12.3. The number of aromatic nitrogens is 3. The molecule has 1 N–H and O–H groups in total. The maximum atomic E-state index is 13.2. The number of carboxylic acid groups (broad SMARTS) is 1. The molecule has 1 fully saturated rings. The summed E-state index contributed by atoms with van der Waals surface area (Å²) in [5, 5.41) is 17.4. The molecule has 1 aliphatic rings. The molecule has 1 aromatic carbocycles. The standard InChI is InChI=1S/C15H16ClFN4O2/c16-12-7-11(4-5-13(12)17)21-9-10(18-19-21)8-20-6-2-1-3-14(20)15(22)23/h4-5,7,9,14H,1-3,6,8H2,(H,22,23). The van der Waals surface area contributed by atoms with Crippen molar-refractivity contribution in [2.45, 2.75) is 31.8 Å². The topological polar surface area (TPSA) is 71.2 Å². The first-order chi connectivity index (χ1) is 11.0. The predicted molar refractivity (Wildman–Crippen MR) is 82.0 cm³/mol. The summed E-state index contributed by atoms with van der Waals surface area (Å²) in [6, 6.07) is 3.82. The van der Waals surface area contributed by atoms with E-state index in [9.17, 15) is 14.3 Å². The van der Waals surface area contributed by atoms with Crippen LogP contribution in [0.3, 0.4) is 0 Å². The third kappa shape index (κ3) is 3.51. The number of nitrogens with zero attached hydrogens (tertiary/aromatic N) is 4. The molecule has 0 amide bonds. The largest absolute Gasteiger partial charge is 0.480 e. The van der Waals surface area contributed by atoms with Gasteiger partial charge in [0.1, 0.15) is 11.9 Å². The molecule has 8 heteroatoms. The van der Waals surface area contributed by atoms with Crippen LogP contribution < -0.4 is 0 Å². The van der Waals surface area contributed by atoms with Crippen molar-refractivity contribution in [1.82, 2.24) is 19.9 Å². The van der Waals surface area contributed by atoms with Gasteiger partial charge in [0.15, 0.2) is 0 Å². The van der Waals surface area contributed by atoms with E-state index in [4.69, 9.17) is 11.6 Å². The van der Waals surface area contributed by atoms with Crippen LogP contribution in [0.25, 0.3) is 5.69 Å². The van der Waals surface area contributed by atoms with Crippen molar-refractivity contribution in [3.8, 4) is 5.69 Å². The first-order valence-electron chi connectivity index (χ1n) is 7.38. The second-order valence-corrected chi connectivity index (χ2v) is 5.98. The molecular formula is C15H16ClFN4O2. The molecule has 0 radical (unpaired) electrons. The van der Waals surface area contributed by atoms with E-state index in [1.54, 1.807) is 12.3 Å². The molecule has 1 unspecified atom stereocenters. The Morgan fingerprint density at radius 1 is 1.43 bits per heavy atom. The second-order valence-electron chi connectivity index (χ2n) is 5.57. The fraction of sp³-hybridized carbons (Fsp3) is 0.400. The van der Waals surface area contributed by atoms with Crippen LogP contribution in [0.2, 0.25) is 5.02 Å². The predicted octanol–water partition coefficient (Wildman–Crippen LogP) is 2.50. The minimum Gasteiger partial charge on any atom is -0.480 e. The summed E-state index contributed by atoms with van der Waals surface area (Å²) in [4.78, 5) is 13.2. The number of hydrogen-bond donors (Lipinski definition) is 1. The van der Waals surface area contributed by atoms with E-state index in [1.165, 1.54) is 16.8 Å². The summed E-state index contributed by atoms with van der Waals surface area (Å²) in [7, 11) is 0. The van der Waals surface area contributed by atoms with Crippen molar-refractivity contribution < 1.29 is 14.3 Å². The summed E-state index contributed by atoms with van der Waals surface area (Å²) < 4.78 is 14.7. The van der Waals surface area contributed by atoms with Crippen molar-refractivity contribution in [2.24, 2.45) is 0 Å². The van der Waals surface area contributed by atoms with E-state index in [0.717, 1.165) is 19.4 Å². The number of halogens is 2. The summed E-state index contributed by atoms with van der Waals surface area (Å²) in [6.45, 7) is 1.15. The average Bonchev–Trinajstić information content (AvgIpc) is 2.99. The minimum absolute atomic E-state index is 0.0153. The lowest BCUT2D eigenvalue weighted by Crippen LogP contribution is -2.44. The van der Waals surface area contributed by atoms with Crippen LogP contribution in [0, 0.1) is 5.82 Å². The van der Waals surface area contributed by atoms with Gasteiger partial charge in [-0.15, -0.1) is 5.10 Å². The van der Waals surface area contributed by atoms with Crippen LogP contribution >= 0.6 is 11.6 Å². The molecule has 2 heterocycles. The summed E-state index contributed by atoms with van der Waals surface area (Å²) in [5.74, 6) is -1.30. The third-order valence-corrected chi connectivity index (χ3v) is 4.26. The van der Waals surface area contributed by atoms with Crippen molar-refractivity contribution in [3.05, 3.63) is 40.9 Å². The fourth-order valence-corrected chi connectivity index (χ4v) is 2.97. The second kappa shape index (κ2) is 6.64. The highest BCUT2D eigenvalue weighted by molar-refractivity contribution is 6.30. The number of carbonyl (C=O) groups is 1. The number of carboxylic acids is 1. The van der Waals surface area contributed by atoms with Crippen LogP contribution in [-0.4, -0.2) is 43.6 Å². The van der Waals surface area contributed by atoms with Crippen molar-refractivity contribution in [3.63, 3.8) is 0 Å². The number of piperidine rings is 1. The lowest BCUT2D eigenvalue weighted by Gasteiger charge is -2.31. The Morgan fingerprint density at radius 3 is 3.00 bits per heavy atom. The molecule has 0 aliphatic carbocycles. The zero-order chi connectivity index (χ0) is 16.4. The van der Waals surface area contributed by atoms with E-state index in [0.29, 0.717) is 24.3 Å². The van der Waals surface area contributed by atoms with E-state index >= 15 is 0 Å². The van der Waals surface area contributed by atoms with Crippen molar-refractivity contribution >= 4 is 17.6 Å². The summed E-state index contributed by atoms with van der Waals surface area (Å²) >= 11 is 5.77. The molecule has 0 spiro atoms. The molecule has 3 rings (SSSR count). The highest BCUT2D eigenvalue weighted by Crippen LogP contribution is 2.21. The van der Waals surface area contributed by atoms with Gasteiger partial charge in [0.2, 0.25) is 0 Å². The zero-order valence-corrected chi connectivity index (χ0v) is 13.1. The van der Waals surface area contributed by atoms with Crippen LogP contribution in [0.1, 0.15) is 25.0 Å². The van der Waals surface area contributed by atoms with Gasteiger partial charge in [-0.05, 0) is 37.6 Å². The Balaban J connectivity index is 1.76. The van der Waals surface area contributed by atoms with Gasteiger partial charge >= 0.3 is 5.97 Å². The van der Waals surface area contributed by atoms with Crippen molar-refractivity contribution in [1.29, 1.82) is 0 Å². The molecule has 2 aromatic rings. The Hall–Kier alpha value is -1.99. The van der Waals surface area contributed by atoms with Gasteiger partial charge < -0.3 is 5.11 Å². The number of hydrogen-bond acceptors (Lipinski definition) is 4. The lowest BCUT2D eigenvalue weighted by molar-refractivity contribution is -0.144. The first-order valence-corrected chi connectivity index (χ1v) is 7.76. The normalized spacial score (nSPS) is 19.0. The Kier molecular flexibility index (Phi) is 4.58. The van der Waals surface area contributed by atoms with Crippen LogP contribution in [-0.2, 0) is 11.3 Å². The van der Waals surface area contributed by atoms with Crippen molar-refractivity contribution in [2.75, 3.05) is 6.54 Å². The minimum atomic E-state index is -0.803. The van der Waals surface area contributed by atoms with Gasteiger partial charge in [0.25, 0.3) is 0 Å². The lowest BCUT2D eigenvalue weighted by atomic mass is 10.0. The van der Waals surface area contributed by atoms with Gasteiger partial charge in [-0.3, -0.25) is 9.69 Å². The SMILES string of the molecule is O=C(O)C1CCCCN1Cc1cn(-c2ccc(F)c(Cl)c2)nn1. The monoisotopic (exact) mass is 338 g/mol. The molecule has 122 valence electrons. The van der Waals surface area contributed by atoms with Gasteiger partial charge in [-0.25, -0.2) is 9.07 Å². The Bertz CT molecular complexity index is 721. The van der Waals surface area contributed by atoms with Crippen LogP contribution in [0.4, 0.5) is 4.39 Å². The number of benzene rings is 1. The quantitative estimate of drug-likeness (QED) is 0.927. The number of rotatable bonds is 4. The summed E-state index contributed by atoms with van der Waals surface area (Å²) in [6.07, 6.45) is 4.26. The smallest absolute Gasteiger partial charge is 0.320 e. The Labute approximate surface area is 137 Å². The molecule has 0 saturated carbocycles. The number of likely N-dealkylation sites (tertiary alicyclic amines) is 1. The Morgan fingerprint density at radius 2 is 2.26 bits per heavy atom. The van der Waals surface area contributed by atoms with E-state index in [1.807, 2.05) is 4.90 Å². The maximum absolute atomic E-state index is 13.2. The fourth-order valence-electron chi connectivity index (χ4n) is 2.79. The molecular weight excluding hydrogens is 323 g/mol. The number of aliphatic carboxylic acids is 1. The van der Waals surface area contributed by atoms with Crippen LogP contribution in [0.15, 0.2) is 24.4 Å². The molecule has 6 nitrogen and oxygen atoms in total. The maximum Gasteiger partial charge on any atom is 0.320 e. The molecule has 1 aliphatic heterocycles.